The normalized spacial score (nSPS) is 26.9. The molecule has 2 aliphatic rings. The van der Waals surface area contributed by atoms with Crippen LogP contribution >= 0.6 is 0 Å². The topological polar surface area (TPSA) is 90.9 Å². The zero-order valence-electron chi connectivity index (χ0n) is 13.0. The van der Waals surface area contributed by atoms with Crippen molar-refractivity contribution in [1.29, 1.82) is 0 Å². The number of aliphatic hydroxyl groups is 1. The lowest BCUT2D eigenvalue weighted by Gasteiger charge is -2.33. The molecule has 0 radical (unpaired) electrons. The van der Waals surface area contributed by atoms with Crippen molar-refractivity contribution in [3.05, 3.63) is 29.8 Å². The fourth-order valence-corrected chi connectivity index (χ4v) is 3.23. The number of hydrogen-bond donors (Lipinski definition) is 3. The number of hydrogen-bond acceptors (Lipinski definition) is 5. The zero-order valence-corrected chi connectivity index (χ0v) is 13.0. The number of carbonyl (C=O) groups is 2. The van der Waals surface area contributed by atoms with Crippen LogP contribution in [-0.2, 0) is 16.1 Å². The predicted molar refractivity (Wildman–Crippen MR) is 82.8 cm³/mol. The lowest BCUT2D eigenvalue weighted by molar-refractivity contribution is -0.148. The van der Waals surface area contributed by atoms with Crippen molar-refractivity contribution in [2.75, 3.05) is 20.3 Å². The Hall–Kier alpha value is -2.12. The lowest BCUT2D eigenvalue weighted by Crippen LogP contribution is -2.62. The summed E-state index contributed by atoms with van der Waals surface area (Å²) in [5.41, 5.74) is 1.03. The maximum Gasteiger partial charge on any atom is 0.248 e. The van der Waals surface area contributed by atoms with E-state index in [1.807, 2.05) is 24.3 Å². The number of nitrogens with one attached hydrogen (secondary N) is 2. The molecule has 23 heavy (non-hydrogen) atoms. The van der Waals surface area contributed by atoms with Crippen LogP contribution in [0.3, 0.4) is 0 Å². The molecule has 2 aliphatic heterocycles. The van der Waals surface area contributed by atoms with Crippen molar-refractivity contribution in [2.24, 2.45) is 0 Å². The number of benzene rings is 1. The fourth-order valence-electron chi connectivity index (χ4n) is 3.23. The van der Waals surface area contributed by atoms with Crippen LogP contribution in [0.25, 0.3) is 0 Å². The van der Waals surface area contributed by atoms with Gasteiger partial charge >= 0.3 is 0 Å². The quantitative estimate of drug-likeness (QED) is 0.664. The smallest absolute Gasteiger partial charge is 0.248 e. The summed E-state index contributed by atoms with van der Waals surface area (Å²) >= 11 is 0. The van der Waals surface area contributed by atoms with Crippen LogP contribution in [0.4, 0.5) is 0 Å². The zero-order chi connectivity index (χ0) is 16.4. The van der Waals surface area contributed by atoms with E-state index in [0.29, 0.717) is 19.5 Å². The van der Waals surface area contributed by atoms with Gasteiger partial charge in [-0.15, -0.1) is 0 Å². The maximum atomic E-state index is 12.2. The molecule has 0 unspecified atom stereocenters. The summed E-state index contributed by atoms with van der Waals surface area (Å²) in [5.74, 6) is 0.411. The molecule has 2 heterocycles. The van der Waals surface area contributed by atoms with E-state index >= 15 is 0 Å². The molecule has 0 saturated carbocycles. The van der Waals surface area contributed by atoms with Crippen molar-refractivity contribution >= 4 is 11.8 Å². The molecule has 2 amide bonds. The van der Waals surface area contributed by atoms with Gasteiger partial charge in [0.25, 0.3) is 0 Å². The Morgan fingerprint density at radius 1 is 1.39 bits per heavy atom. The average Bonchev–Trinajstić information content (AvgIpc) is 3.01. The molecule has 1 aromatic carbocycles. The molecule has 3 rings (SSSR count). The molecule has 0 aromatic heterocycles. The summed E-state index contributed by atoms with van der Waals surface area (Å²) < 4.78 is 5.32. The van der Waals surface area contributed by atoms with Gasteiger partial charge in [0.2, 0.25) is 11.8 Å². The number of amides is 2. The van der Waals surface area contributed by atoms with Gasteiger partial charge < -0.3 is 25.4 Å². The predicted octanol–water partition coefficient (Wildman–Crippen LogP) is -0.755. The molecule has 1 aromatic rings. The van der Waals surface area contributed by atoms with Gasteiger partial charge in [0.1, 0.15) is 17.8 Å². The van der Waals surface area contributed by atoms with Gasteiger partial charge in [-0.3, -0.25) is 9.59 Å². The summed E-state index contributed by atoms with van der Waals surface area (Å²) in [5, 5.41) is 15.1. The summed E-state index contributed by atoms with van der Waals surface area (Å²) in [7, 11) is 1.63. The Morgan fingerprint density at radius 3 is 2.91 bits per heavy atom. The number of methoxy groups -OCH3 is 1. The van der Waals surface area contributed by atoms with Gasteiger partial charge in [0.05, 0.1) is 13.7 Å². The fraction of sp³-hybridized carbons (Fsp3) is 0.500. The second kappa shape index (κ2) is 6.55. The number of fused-ring (bicyclic) bond motifs is 1. The van der Waals surface area contributed by atoms with Gasteiger partial charge in [-0.25, -0.2) is 0 Å². The number of para-hydroxylation sites is 1. The largest absolute Gasteiger partial charge is 0.496 e. The van der Waals surface area contributed by atoms with Crippen LogP contribution in [0.2, 0.25) is 0 Å². The third kappa shape index (κ3) is 3.02. The molecule has 0 aliphatic carbocycles. The number of carbonyl (C=O) groups excluding carboxylic acids is 2. The molecule has 7 nitrogen and oxygen atoms in total. The minimum atomic E-state index is -0.813. The van der Waals surface area contributed by atoms with Crippen LogP contribution in [0.15, 0.2) is 24.3 Å². The van der Waals surface area contributed by atoms with Gasteiger partial charge in [0, 0.05) is 24.7 Å². The molecule has 0 spiro atoms. The summed E-state index contributed by atoms with van der Waals surface area (Å²) in [6, 6.07) is 6.52. The molecule has 2 saturated heterocycles. The summed E-state index contributed by atoms with van der Waals surface area (Å²) in [4.78, 5) is 25.8. The minimum absolute atomic E-state index is 0.0389. The molecule has 3 N–H and O–H groups in total. The van der Waals surface area contributed by atoms with E-state index in [2.05, 4.69) is 10.6 Å². The lowest BCUT2D eigenvalue weighted by atomic mass is 10.1. The molecular weight excluding hydrogens is 298 g/mol. The Morgan fingerprint density at radius 2 is 2.17 bits per heavy atom. The number of ether oxygens (including phenoxy) is 1. The highest BCUT2D eigenvalue weighted by Crippen LogP contribution is 2.24. The second-order valence-corrected chi connectivity index (χ2v) is 5.88. The second-order valence-electron chi connectivity index (χ2n) is 5.88. The van der Waals surface area contributed by atoms with Crippen molar-refractivity contribution < 1.29 is 19.4 Å². The Bertz CT molecular complexity index is 607. The Balaban J connectivity index is 1.63. The van der Waals surface area contributed by atoms with Gasteiger partial charge in [-0.1, -0.05) is 18.2 Å². The minimum Gasteiger partial charge on any atom is -0.496 e. The number of nitrogens with zero attached hydrogens (tertiary/aromatic N) is 1. The Labute approximate surface area is 134 Å². The highest BCUT2D eigenvalue weighted by atomic mass is 16.5. The van der Waals surface area contributed by atoms with Crippen molar-refractivity contribution in [3.8, 4) is 5.75 Å². The van der Waals surface area contributed by atoms with Crippen LogP contribution in [0, 0.1) is 0 Å². The van der Waals surface area contributed by atoms with E-state index in [-0.39, 0.29) is 24.5 Å². The molecule has 124 valence electrons. The monoisotopic (exact) mass is 319 g/mol. The third-order valence-electron chi connectivity index (χ3n) is 4.46. The van der Waals surface area contributed by atoms with Crippen LogP contribution in [0.5, 0.6) is 5.75 Å². The van der Waals surface area contributed by atoms with Gasteiger partial charge in [-0.2, -0.15) is 0 Å². The number of rotatable bonds is 5. The first kappa shape index (κ1) is 15.8. The first-order valence-electron chi connectivity index (χ1n) is 7.71. The Kier molecular flexibility index (Phi) is 4.49. The van der Waals surface area contributed by atoms with Crippen LogP contribution in [-0.4, -0.2) is 60.2 Å². The highest BCUT2D eigenvalue weighted by molar-refractivity contribution is 5.97. The first-order chi connectivity index (χ1) is 11.1. The third-order valence-corrected chi connectivity index (χ3v) is 4.46. The summed E-state index contributed by atoms with van der Waals surface area (Å²) in [6.07, 6.45) is 0.574. The van der Waals surface area contributed by atoms with E-state index in [0.717, 1.165) is 11.3 Å². The molecule has 2 fully saturated rings. The van der Waals surface area contributed by atoms with E-state index in [1.165, 1.54) is 0 Å². The van der Waals surface area contributed by atoms with E-state index < -0.39 is 12.1 Å². The van der Waals surface area contributed by atoms with Gasteiger partial charge in [0.15, 0.2) is 0 Å². The summed E-state index contributed by atoms with van der Waals surface area (Å²) in [6.45, 7) is 0.712. The standard InChI is InChI=1S/C16H21N3O4/c1-23-14-5-3-2-4-10(14)7-17-11-6-13-15(21)18-12(9-20)16(22)19(13)8-11/h2-5,11-13,17,20H,6-9H2,1H3,(H,18,21)/t11-,12-,13-/m0/s1. The van der Waals surface area contributed by atoms with Crippen molar-refractivity contribution in [1.82, 2.24) is 15.5 Å². The average molecular weight is 319 g/mol. The number of aliphatic hydroxyl groups excluding tert-OH is 1. The van der Waals surface area contributed by atoms with Crippen molar-refractivity contribution in [2.45, 2.75) is 31.1 Å². The maximum absolute atomic E-state index is 12.2. The van der Waals surface area contributed by atoms with E-state index in [1.54, 1.807) is 12.0 Å². The molecule has 3 atom stereocenters. The highest BCUT2D eigenvalue weighted by Gasteiger charge is 2.46. The van der Waals surface area contributed by atoms with Gasteiger partial charge in [-0.05, 0) is 12.5 Å². The van der Waals surface area contributed by atoms with Crippen molar-refractivity contribution in [3.63, 3.8) is 0 Å². The molecule has 0 bridgehead atoms. The first-order valence-corrected chi connectivity index (χ1v) is 7.71. The molecular formula is C16H21N3O4. The van der Waals surface area contributed by atoms with Crippen LogP contribution in [0.1, 0.15) is 12.0 Å². The number of piperazine rings is 1. The van der Waals surface area contributed by atoms with Crippen LogP contribution < -0.4 is 15.4 Å². The van der Waals surface area contributed by atoms with E-state index in [4.69, 9.17) is 4.74 Å². The van der Waals surface area contributed by atoms with E-state index in [9.17, 15) is 14.7 Å². The SMILES string of the molecule is COc1ccccc1CN[C@H]1C[C@H]2C(=O)N[C@@H](CO)C(=O)N2C1. The molecule has 7 heteroatoms.